The maximum atomic E-state index is 2.52. The minimum absolute atomic E-state index is 0.641. The van der Waals surface area contributed by atoms with E-state index in [9.17, 15) is 0 Å². The Bertz CT molecular complexity index is 996. The summed E-state index contributed by atoms with van der Waals surface area (Å²) in [6.45, 7) is 2.33. The van der Waals surface area contributed by atoms with Crippen molar-refractivity contribution in [1.29, 1.82) is 0 Å². The lowest BCUT2D eigenvalue weighted by Crippen LogP contribution is -2.01. The van der Waals surface area contributed by atoms with Gasteiger partial charge in [0.1, 0.15) is 0 Å². The average Bonchev–Trinajstić information content (AvgIpc) is 3.28. The topological polar surface area (TPSA) is 0 Å². The number of hydrogen-bond donors (Lipinski definition) is 0. The molecule has 2 aliphatic carbocycles. The average molecular weight is 338 g/mol. The van der Waals surface area contributed by atoms with E-state index >= 15 is 0 Å². The van der Waals surface area contributed by atoms with Gasteiger partial charge in [0, 0.05) is 0 Å². The Morgan fingerprint density at radius 2 is 1.62 bits per heavy atom. The van der Waals surface area contributed by atoms with E-state index in [2.05, 4.69) is 73.7 Å². The van der Waals surface area contributed by atoms with E-state index in [0.717, 1.165) is 6.42 Å². The van der Waals surface area contributed by atoms with Crippen LogP contribution < -0.4 is 0 Å². The largest absolute Gasteiger partial charge is 0.0654 e. The Balaban J connectivity index is 1.56. The van der Waals surface area contributed by atoms with Crippen LogP contribution in [0.25, 0.3) is 28.0 Å². The summed E-state index contributed by atoms with van der Waals surface area (Å²) in [4.78, 5) is 0. The Morgan fingerprint density at radius 3 is 2.46 bits per heavy atom. The molecule has 0 atom stereocenters. The zero-order chi connectivity index (χ0) is 17.6. The van der Waals surface area contributed by atoms with Crippen molar-refractivity contribution in [2.45, 2.75) is 45.4 Å². The molecule has 2 aliphatic rings. The molecular weight excluding hydrogens is 312 g/mol. The van der Waals surface area contributed by atoms with Crippen LogP contribution in [0, 0.1) is 5.41 Å². The Labute approximate surface area is 156 Å². The van der Waals surface area contributed by atoms with E-state index in [1.165, 1.54) is 65.1 Å². The summed E-state index contributed by atoms with van der Waals surface area (Å²) < 4.78 is 0. The minimum Gasteiger partial charge on any atom is -0.0654 e. The Hall–Kier alpha value is -2.34. The van der Waals surface area contributed by atoms with Crippen molar-refractivity contribution < 1.29 is 0 Å². The summed E-state index contributed by atoms with van der Waals surface area (Å²) in [6.07, 6.45) is 10.6. The highest BCUT2D eigenvalue weighted by Crippen LogP contribution is 2.55. The second-order valence-corrected chi connectivity index (χ2v) is 8.31. The van der Waals surface area contributed by atoms with Crippen molar-refractivity contribution in [3.8, 4) is 11.1 Å². The van der Waals surface area contributed by atoms with Gasteiger partial charge in [-0.05, 0) is 70.5 Å². The number of rotatable bonds is 5. The second-order valence-electron chi connectivity index (χ2n) is 8.31. The Kier molecular flexibility index (Phi) is 3.74. The molecule has 0 aromatic heterocycles. The molecule has 1 fully saturated rings. The molecule has 0 nitrogen and oxygen atoms in total. The van der Waals surface area contributed by atoms with Gasteiger partial charge >= 0.3 is 0 Å². The van der Waals surface area contributed by atoms with Gasteiger partial charge in [-0.15, -0.1) is 0 Å². The number of fused-ring (bicyclic) bond motifs is 2. The fraction of sp³-hybridized carbons (Fsp3) is 0.308. The summed E-state index contributed by atoms with van der Waals surface area (Å²) >= 11 is 0. The van der Waals surface area contributed by atoms with Gasteiger partial charge in [0.25, 0.3) is 0 Å². The maximum Gasteiger partial charge on any atom is -0.00574 e. The highest BCUT2D eigenvalue weighted by molar-refractivity contribution is 5.99. The molecule has 0 aliphatic heterocycles. The van der Waals surface area contributed by atoms with Gasteiger partial charge in [-0.1, -0.05) is 85.7 Å². The zero-order valence-corrected chi connectivity index (χ0v) is 15.6. The number of hydrogen-bond acceptors (Lipinski definition) is 0. The van der Waals surface area contributed by atoms with Gasteiger partial charge in [0.05, 0.1) is 0 Å². The first kappa shape index (κ1) is 15.9. The van der Waals surface area contributed by atoms with E-state index in [1.54, 1.807) is 5.57 Å². The summed E-state index contributed by atoms with van der Waals surface area (Å²) in [5.74, 6) is 0. The molecule has 0 amide bonds. The molecule has 0 unspecified atom stereocenters. The maximum absolute atomic E-state index is 2.52. The third-order valence-electron chi connectivity index (χ3n) is 6.38. The molecule has 0 heteroatoms. The third-order valence-corrected chi connectivity index (χ3v) is 6.38. The monoisotopic (exact) mass is 338 g/mol. The predicted octanol–water partition coefficient (Wildman–Crippen LogP) is 7.42. The molecule has 3 aromatic carbocycles. The van der Waals surface area contributed by atoms with Gasteiger partial charge in [-0.3, -0.25) is 0 Å². The molecule has 26 heavy (non-hydrogen) atoms. The molecule has 0 spiro atoms. The van der Waals surface area contributed by atoms with Gasteiger partial charge in [0.15, 0.2) is 0 Å². The molecule has 0 saturated heterocycles. The minimum atomic E-state index is 0.641. The van der Waals surface area contributed by atoms with Crippen LogP contribution in [-0.2, 0) is 6.42 Å². The predicted molar refractivity (Wildman–Crippen MR) is 112 cm³/mol. The summed E-state index contributed by atoms with van der Waals surface area (Å²) in [6, 6.07) is 22.3. The fourth-order valence-electron chi connectivity index (χ4n) is 4.95. The lowest BCUT2D eigenvalue weighted by Gasteiger charge is -2.14. The molecule has 0 radical (unpaired) electrons. The van der Waals surface area contributed by atoms with E-state index in [4.69, 9.17) is 0 Å². The van der Waals surface area contributed by atoms with Gasteiger partial charge < -0.3 is 0 Å². The van der Waals surface area contributed by atoms with Crippen LogP contribution in [0.5, 0.6) is 0 Å². The van der Waals surface area contributed by atoms with Crippen LogP contribution >= 0.6 is 0 Å². The lowest BCUT2D eigenvalue weighted by molar-refractivity contribution is 0.454. The molecule has 3 aromatic rings. The van der Waals surface area contributed by atoms with Crippen LogP contribution in [0.4, 0.5) is 0 Å². The third kappa shape index (κ3) is 2.69. The first-order valence-corrected chi connectivity index (χ1v) is 10.1. The molecule has 5 rings (SSSR count). The van der Waals surface area contributed by atoms with Crippen LogP contribution in [-0.4, -0.2) is 0 Å². The summed E-state index contributed by atoms with van der Waals surface area (Å²) in [5, 5.41) is 2.68. The molecule has 130 valence electrons. The van der Waals surface area contributed by atoms with Gasteiger partial charge in [-0.2, -0.15) is 0 Å². The normalized spacial score (nSPS) is 17.2. The van der Waals surface area contributed by atoms with E-state index in [0.29, 0.717) is 5.41 Å². The molecule has 0 bridgehead atoms. The zero-order valence-electron chi connectivity index (χ0n) is 15.6. The first-order valence-electron chi connectivity index (χ1n) is 10.1. The lowest BCUT2D eigenvalue weighted by atomic mass is 9.91. The van der Waals surface area contributed by atoms with Crippen molar-refractivity contribution in [2.75, 3.05) is 0 Å². The smallest absolute Gasteiger partial charge is 0.00574 e. The molecule has 1 saturated carbocycles. The van der Waals surface area contributed by atoms with Crippen molar-refractivity contribution in [2.24, 2.45) is 5.41 Å². The first-order chi connectivity index (χ1) is 12.8. The number of allylic oxidation sites excluding steroid dienone is 1. The summed E-state index contributed by atoms with van der Waals surface area (Å²) in [5.41, 5.74) is 8.03. The standard InChI is InChI=1S/C26H26/c1-2-13-26(14-15-26)18-19-16-21-9-6-12-24(25(21)17-19)23-11-5-8-20-7-3-4-10-22(20)23/h3-12,17H,2,13-16,18H2,1H3. The highest BCUT2D eigenvalue weighted by atomic mass is 14.5. The van der Waals surface area contributed by atoms with E-state index < -0.39 is 0 Å². The quantitative estimate of drug-likeness (QED) is 0.454. The fourth-order valence-corrected chi connectivity index (χ4v) is 4.95. The second kappa shape index (κ2) is 6.13. The van der Waals surface area contributed by atoms with Crippen LogP contribution in [0.1, 0.15) is 50.2 Å². The van der Waals surface area contributed by atoms with Crippen LogP contribution in [0.3, 0.4) is 0 Å². The van der Waals surface area contributed by atoms with Crippen molar-refractivity contribution >= 4 is 16.8 Å². The summed E-state index contributed by atoms with van der Waals surface area (Å²) in [7, 11) is 0. The van der Waals surface area contributed by atoms with Crippen LogP contribution in [0.2, 0.25) is 0 Å². The SMILES string of the molecule is CCCC1(CC2=Cc3c(cccc3-c3cccc4ccccc34)C2)CC1. The molecule has 0 N–H and O–H groups in total. The van der Waals surface area contributed by atoms with Crippen molar-refractivity contribution in [3.05, 3.63) is 77.4 Å². The highest BCUT2D eigenvalue weighted by Gasteiger charge is 2.42. The van der Waals surface area contributed by atoms with Gasteiger partial charge in [-0.25, -0.2) is 0 Å². The number of benzene rings is 3. The van der Waals surface area contributed by atoms with Gasteiger partial charge in [0.2, 0.25) is 0 Å². The van der Waals surface area contributed by atoms with E-state index in [-0.39, 0.29) is 0 Å². The van der Waals surface area contributed by atoms with Crippen molar-refractivity contribution in [3.63, 3.8) is 0 Å². The molecular formula is C26H26. The Morgan fingerprint density at radius 1 is 0.846 bits per heavy atom. The van der Waals surface area contributed by atoms with E-state index in [1.807, 2.05) is 0 Å². The molecule has 0 heterocycles. The van der Waals surface area contributed by atoms with Crippen molar-refractivity contribution in [1.82, 2.24) is 0 Å². The van der Waals surface area contributed by atoms with Crippen LogP contribution in [0.15, 0.2) is 66.2 Å².